The van der Waals surface area contributed by atoms with Crippen LogP contribution >= 0.6 is 0 Å². The van der Waals surface area contributed by atoms with Crippen LogP contribution in [0.4, 0.5) is 22.0 Å². The van der Waals surface area contributed by atoms with Gasteiger partial charge in [0, 0.05) is 87.0 Å². The third-order valence-corrected chi connectivity index (χ3v) is 12.7. The summed E-state index contributed by atoms with van der Waals surface area (Å²) < 4.78 is 8.62. The molecule has 9 rings (SSSR count). The maximum Gasteiger partial charge on any atom is 0.328 e. The van der Waals surface area contributed by atoms with Gasteiger partial charge in [0.15, 0.2) is 5.82 Å². The summed E-state index contributed by atoms with van der Waals surface area (Å²) in [6, 6.07) is 25.0. The van der Waals surface area contributed by atoms with Gasteiger partial charge in [-0.3, -0.25) is 19.8 Å². The number of carbonyl (C=O) groups excluding carboxylic acids is 3. The minimum absolute atomic E-state index is 0.0706. The third-order valence-electron chi connectivity index (χ3n) is 12.7. The number of nitrogen functional groups attached to an aromatic ring is 1. The summed E-state index contributed by atoms with van der Waals surface area (Å²) in [6.45, 7) is 8.85. The first-order valence-electron chi connectivity index (χ1n) is 20.8. The normalized spacial score (nSPS) is 20.0. The van der Waals surface area contributed by atoms with Gasteiger partial charge in [0.1, 0.15) is 11.9 Å². The van der Waals surface area contributed by atoms with E-state index in [9.17, 15) is 19.5 Å². The molecule has 3 aromatic carbocycles. The fourth-order valence-corrected chi connectivity index (χ4v) is 9.48. The Hall–Kier alpha value is -5.99. The number of hydrogen-bond acceptors (Lipinski definition) is 10. The molecule has 0 spiro atoms. The Balaban J connectivity index is 0.763. The monoisotopic (exact) mass is 797 g/mol. The number of imide groups is 1. The van der Waals surface area contributed by atoms with E-state index >= 15 is 0 Å². The summed E-state index contributed by atoms with van der Waals surface area (Å²) in [5.74, 6) is 0.852. The number of nitrogens with two attached hydrogens (primary N) is 1. The number of hydrogen-bond donors (Lipinski definition) is 3. The molecule has 1 atom stereocenters. The molecule has 0 saturated carbocycles. The molecule has 59 heavy (non-hydrogen) atoms. The molecule has 4 fully saturated rings. The highest BCUT2D eigenvalue weighted by molar-refractivity contribution is 6.09. The number of phenolic OH excluding ortho intramolecular Hbond substituents is 1. The van der Waals surface area contributed by atoms with Crippen LogP contribution in [0.25, 0.3) is 22.2 Å². The summed E-state index contributed by atoms with van der Waals surface area (Å²) in [4.78, 5) is 46.5. The van der Waals surface area contributed by atoms with Crippen LogP contribution in [0.15, 0.2) is 78.9 Å². The molecule has 2 aromatic heterocycles. The second-order valence-corrected chi connectivity index (χ2v) is 16.3. The van der Waals surface area contributed by atoms with E-state index in [0.29, 0.717) is 67.3 Å². The van der Waals surface area contributed by atoms with Crippen molar-refractivity contribution in [3.05, 3.63) is 95.7 Å². The number of aromatic nitrogens is 3. The number of rotatable bonds is 8. The number of aromatic hydroxyl groups is 1. The van der Waals surface area contributed by atoms with Gasteiger partial charge in [-0.15, -0.1) is 10.2 Å². The minimum Gasteiger partial charge on any atom is -0.507 e. The van der Waals surface area contributed by atoms with Crippen LogP contribution in [0, 0.1) is 12.8 Å². The molecule has 0 radical (unpaired) electrons. The molecule has 4 aliphatic rings. The van der Waals surface area contributed by atoms with Gasteiger partial charge in [-0.25, -0.2) is 4.79 Å². The van der Waals surface area contributed by atoms with Crippen LogP contribution in [-0.2, 0) is 9.53 Å². The second kappa shape index (κ2) is 16.3. The number of nitrogens with one attached hydrogen (secondary N) is 1. The van der Waals surface area contributed by atoms with Crippen LogP contribution < -0.4 is 20.9 Å². The number of ether oxygens (including phenoxy) is 1. The Kier molecular flexibility index (Phi) is 10.7. The number of anilines is 3. The summed E-state index contributed by atoms with van der Waals surface area (Å²) in [5, 5.41) is 22.3. The van der Waals surface area contributed by atoms with Crippen LogP contribution in [0.2, 0.25) is 0 Å². The van der Waals surface area contributed by atoms with E-state index in [1.807, 2.05) is 53.4 Å². The molecule has 4 amide bonds. The quantitative estimate of drug-likeness (QED) is 0.172. The third kappa shape index (κ3) is 7.82. The van der Waals surface area contributed by atoms with Gasteiger partial charge in [-0.1, -0.05) is 30.3 Å². The molecular formula is C45H51N9O5. The Morgan fingerprint density at radius 3 is 2.42 bits per heavy atom. The lowest BCUT2D eigenvalue weighted by Gasteiger charge is -2.38. The zero-order valence-electron chi connectivity index (χ0n) is 33.4. The molecule has 0 bridgehead atoms. The summed E-state index contributed by atoms with van der Waals surface area (Å²) in [7, 11) is 0. The van der Waals surface area contributed by atoms with Crippen molar-refractivity contribution in [2.24, 2.45) is 5.92 Å². The highest BCUT2D eigenvalue weighted by Gasteiger charge is 2.31. The van der Waals surface area contributed by atoms with Gasteiger partial charge in [-0.05, 0) is 92.6 Å². The number of benzene rings is 3. The predicted octanol–water partition coefficient (Wildman–Crippen LogP) is 5.91. The first-order chi connectivity index (χ1) is 28.7. The zero-order chi connectivity index (χ0) is 40.6. The van der Waals surface area contributed by atoms with Crippen molar-refractivity contribution in [2.75, 3.05) is 74.5 Å². The molecule has 0 aliphatic carbocycles. The van der Waals surface area contributed by atoms with Gasteiger partial charge < -0.3 is 34.8 Å². The van der Waals surface area contributed by atoms with E-state index in [1.165, 1.54) is 5.69 Å². The molecule has 4 N–H and O–H groups in total. The largest absolute Gasteiger partial charge is 0.507 e. The van der Waals surface area contributed by atoms with Crippen molar-refractivity contribution in [3.63, 3.8) is 0 Å². The first kappa shape index (κ1) is 38.5. The van der Waals surface area contributed by atoms with Gasteiger partial charge in [-0.2, -0.15) is 0 Å². The molecule has 6 heterocycles. The standard InChI is InChI=1S/C45H51N9O5/c1-29-25-35-37(53-22-17-42(56)47-45(53)58)6-4-7-38(35)54(29)33-15-18-50(19-16-33)27-30-13-20-51(21-14-30)44(57)32-11-9-31(10-12-32)41-28-52(23-24-59-41)39-26-36(48-49-43(39)46)34-5-2-3-8-40(34)55/h2-12,25-26,30,33,41,55H,13-24,27-28H2,1H3,(H2,46,49)(H,47,56,58). The maximum absolute atomic E-state index is 13.6. The predicted molar refractivity (Wildman–Crippen MR) is 226 cm³/mol. The molecule has 306 valence electrons. The Morgan fingerprint density at radius 1 is 0.881 bits per heavy atom. The van der Waals surface area contributed by atoms with Crippen LogP contribution in [0.3, 0.4) is 0 Å². The van der Waals surface area contributed by atoms with Gasteiger partial charge in [0.05, 0.1) is 29.2 Å². The molecule has 5 aromatic rings. The number of phenols is 1. The zero-order valence-corrected chi connectivity index (χ0v) is 33.4. The van der Waals surface area contributed by atoms with Gasteiger partial charge >= 0.3 is 6.03 Å². The first-order valence-corrected chi connectivity index (χ1v) is 20.8. The fraction of sp³-hybridized carbons (Fsp3) is 0.400. The highest BCUT2D eigenvalue weighted by atomic mass is 16.5. The Morgan fingerprint density at radius 2 is 1.66 bits per heavy atom. The summed E-state index contributed by atoms with van der Waals surface area (Å²) in [5.41, 5.74) is 13.0. The lowest BCUT2D eigenvalue weighted by Crippen LogP contribution is -2.49. The summed E-state index contributed by atoms with van der Waals surface area (Å²) >= 11 is 0. The van der Waals surface area contributed by atoms with E-state index < -0.39 is 0 Å². The van der Waals surface area contributed by atoms with Crippen molar-refractivity contribution in [1.82, 2.24) is 29.9 Å². The summed E-state index contributed by atoms with van der Waals surface area (Å²) in [6.07, 6.45) is 4.19. The Labute approximate surface area is 343 Å². The minimum atomic E-state index is -0.356. The van der Waals surface area contributed by atoms with Crippen molar-refractivity contribution in [2.45, 2.75) is 51.2 Å². The lowest BCUT2D eigenvalue weighted by molar-refractivity contribution is -0.120. The van der Waals surface area contributed by atoms with E-state index in [4.69, 9.17) is 10.5 Å². The maximum atomic E-state index is 13.6. The number of morpholine rings is 1. The number of carbonyl (C=O) groups is 3. The average Bonchev–Trinajstić information content (AvgIpc) is 3.60. The van der Waals surface area contributed by atoms with Crippen molar-refractivity contribution in [1.29, 1.82) is 0 Å². The lowest BCUT2D eigenvalue weighted by atomic mass is 9.94. The number of amides is 4. The fourth-order valence-electron chi connectivity index (χ4n) is 9.48. The number of aryl methyl sites for hydroxylation is 1. The molecule has 1 unspecified atom stereocenters. The van der Waals surface area contributed by atoms with E-state index in [-0.39, 0.29) is 29.7 Å². The number of para-hydroxylation sites is 1. The van der Waals surface area contributed by atoms with Crippen molar-refractivity contribution >= 4 is 45.9 Å². The topological polar surface area (TPSA) is 162 Å². The number of fused-ring (bicyclic) bond motifs is 1. The van der Waals surface area contributed by atoms with Crippen molar-refractivity contribution < 1.29 is 24.2 Å². The van der Waals surface area contributed by atoms with Crippen LogP contribution in [-0.4, -0.2) is 106 Å². The SMILES string of the molecule is Cc1cc2c(N3CCC(=O)NC3=O)cccc2n1C1CCN(CC2CCN(C(=O)c3ccc(C4CN(c5cc(-c6ccccc6O)nnc5N)CCO4)cc3)CC2)CC1. The molecule has 4 saturated heterocycles. The Bertz CT molecular complexity index is 2370. The number of urea groups is 1. The van der Waals surface area contributed by atoms with Crippen molar-refractivity contribution in [3.8, 4) is 17.0 Å². The van der Waals surface area contributed by atoms with Gasteiger partial charge in [0.2, 0.25) is 5.91 Å². The van der Waals surface area contributed by atoms with E-state index in [0.717, 1.165) is 86.2 Å². The van der Waals surface area contributed by atoms with Crippen LogP contribution in [0.1, 0.15) is 65.9 Å². The number of piperidine rings is 2. The molecular weight excluding hydrogens is 747 g/mol. The number of nitrogens with zero attached hydrogens (tertiary/aromatic N) is 7. The van der Waals surface area contributed by atoms with Crippen LogP contribution in [0.5, 0.6) is 5.75 Å². The average molecular weight is 798 g/mol. The molecule has 4 aliphatic heterocycles. The van der Waals surface area contributed by atoms with E-state index in [2.05, 4.69) is 48.9 Å². The molecule has 14 heteroatoms. The molecule has 14 nitrogen and oxygen atoms in total. The van der Waals surface area contributed by atoms with Gasteiger partial charge in [0.25, 0.3) is 5.91 Å². The smallest absolute Gasteiger partial charge is 0.328 e. The number of likely N-dealkylation sites (tertiary alicyclic amines) is 2. The second-order valence-electron chi connectivity index (χ2n) is 16.3. The van der Waals surface area contributed by atoms with E-state index in [1.54, 1.807) is 23.1 Å². The highest BCUT2D eigenvalue weighted by Crippen LogP contribution is 2.37.